The Bertz CT molecular complexity index is 793. The molecule has 2 rings (SSSR count). The fraction of sp³-hybridized carbons (Fsp3) is 0.263. The van der Waals surface area contributed by atoms with E-state index in [-0.39, 0.29) is 6.42 Å². The van der Waals surface area contributed by atoms with Crippen LogP contribution in [-0.2, 0) is 20.7 Å². The molecule has 26 heavy (non-hydrogen) atoms. The molecule has 2 aromatic carbocycles. The third-order valence-electron chi connectivity index (χ3n) is 3.62. The molecule has 0 radical (unpaired) electrons. The van der Waals surface area contributed by atoms with Crippen LogP contribution in [0.2, 0.25) is 5.02 Å². The van der Waals surface area contributed by atoms with Gasteiger partial charge in [-0.1, -0.05) is 29.8 Å². The van der Waals surface area contributed by atoms with Gasteiger partial charge < -0.3 is 19.5 Å². The van der Waals surface area contributed by atoms with E-state index in [2.05, 4.69) is 5.32 Å². The summed E-state index contributed by atoms with van der Waals surface area (Å²) in [7, 11) is 3.03. The molecule has 0 aliphatic heterocycles. The van der Waals surface area contributed by atoms with Crippen molar-refractivity contribution in [1.82, 2.24) is 0 Å². The fourth-order valence-corrected chi connectivity index (χ4v) is 2.45. The van der Waals surface area contributed by atoms with Gasteiger partial charge in [-0.15, -0.1) is 0 Å². The highest BCUT2D eigenvalue weighted by Gasteiger charge is 2.19. The van der Waals surface area contributed by atoms with E-state index in [1.165, 1.54) is 21.1 Å². The van der Waals surface area contributed by atoms with Gasteiger partial charge in [-0.3, -0.25) is 9.59 Å². The van der Waals surface area contributed by atoms with E-state index in [1.807, 2.05) is 0 Å². The molecule has 6 nitrogen and oxygen atoms in total. The summed E-state index contributed by atoms with van der Waals surface area (Å²) < 4.78 is 15.5. The van der Waals surface area contributed by atoms with Gasteiger partial charge in [0.15, 0.2) is 17.6 Å². The van der Waals surface area contributed by atoms with E-state index in [9.17, 15) is 9.59 Å². The summed E-state index contributed by atoms with van der Waals surface area (Å²) in [4.78, 5) is 24.3. The Morgan fingerprint density at radius 2 is 1.77 bits per heavy atom. The van der Waals surface area contributed by atoms with Gasteiger partial charge in [0.25, 0.3) is 5.91 Å². The minimum absolute atomic E-state index is 0.00630. The summed E-state index contributed by atoms with van der Waals surface area (Å²) in [6, 6.07) is 11.9. The van der Waals surface area contributed by atoms with Crippen LogP contribution in [0.15, 0.2) is 42.5 Å². The molecular formula is C19H20ClNO5. The summed E-state index contributed by atoms with van der Waals surface area (Å²) in [5, 5.41) is 3.15. The number of nitrogens with one attached hydrogen (secondary N) is 1. The number of anilines is 1. The Kier molecular flexibility index (Phi) is 6.86. The second-order valence-corrected chi connectivity index (χ2v) is 5.87. The molecule has 0 spiro atoms. The first-order valence-corrected chi connectivity index (χ1v) is 8.28. The molecule has 0 bridgehead atoms. The summed E-state index contributed by atoms with van der Waals surface area (Å²) in [6.45, 7) is 1.50. The highest BCUT2D eigenvalue weighted by atomic mass is 35.5. The summed E-state index contributed by atoms with van der Waals surface area (Å²) >= 11 is 6.02. The molecule has 1 amide bonds. The van der Waals surface area contributed by atoms with Crippen LogP contribution in [0.4, 0.5) is 5.69 Å². The van der Waals surface area contributed by atoms with Crippen molar-refractivity contribution in [2.24, 2.45) is 0 Å². The topological polar surface area (TPSA) is 73.9 Å². The molecule has 1 unspecified atom stereocenters. The molecular weight excluding hydrogens is 358 g/mol. The van der Waals surface area contributed by atoms with E-state index >= 15 is 0 Å². The molecule has 138 valence electrons. The molecule has 1 atom stereocenters. The van der Waals surface area contributed by atoms with Gasteiger partial charge in [0.05, 0.1) is 20.6 Å². The molecule has 0 aliphatic rings. The predicted molar refractivity (Wildman–Crippen MR) is 98.9 cm³/mol. The van der Waals surface area contributed by atoms with Crippen LogP contribution in [0.1, 0.15) is 12.5 Å². The van der Waals surface area contributed by atoms with Gasteiger partial charge in [0, 0.05) is 16.8 Å². The molecule has 0 saturated heterocycles. The maximum Gasteiger partial charge on any atom is 0.311 e. The van der Waals surface area contributed by atoms with Crippen molar-refractivity contribution in [2.75, 3.05) is 19.5 Å². The van der Waals surface area contributed by atoms with Gasteiger partial charge in [0.2, 0.25) is 0 Å². The third-order valence-corrected chi connectivity index (χ3v) is 3.99. The molecule has 0 fully saturated rings. The molecule has 0 aliphatic carbocycles. The van der Waals surface area contributed by atoms with E-state index in [1.54, 1.807) is 42.5 Å². The van der Waals surface area contributed by atoms with Crippen molar-refractivity contribution in [1.29, 1.82) is 0 Å². The monoisotopic (exact) mass is 377 g/mol. The Balaban J connectivity index is 1.95. The maximum atomic E-state index is 12.2. The first kappa shape index (κ1) is 19.6. The lowest BCUT2D eigenvalue weighted by Gasteiger charge is -2.15. The van der Waals surface area contributed by atoms with Crippen molar-refractivity contribution >= 4 is 29.2 Å². The predicted octanol–water partition coefficient (Wildman–Crippen LogP) is 3.47. The quantitative estimate of drug-likeness (QED) is 0.748. The van der Waals surface area contributed by atoms with Gasteiger partial charge in [-0.2, -0.15) is 0 Å². The number of methoxy groups -OCH3 is 2. The lowest BCUT2D eigenvalue weighted by Crippen LogP contribution is -2.30. The molecule has 0 saturated carbocycles. The zero-order chi connectivity index (χ0) is 19.1. The normalized spacial score (nSPS) is 11.4. The number of esters is 1. The average molecular weight is 378 g/mol. The Hall–Kier alpha value is -2.73. The second-order valence-electron chi connectivity index (χ2n) is 5.46. The molecule has 2 aromatic rings. The third kappa shape index (κ3) is 5.13. The van der Waals surface area contributed by atoms with Crippen LogP contribution in [0.5, 0.6) is 11.5 Å². The van der Waals surface area contributed by atoms with Gasteiger partial charge in [-0.05, 0) is 30.7 Å². The van der Waals surface area contributed by atoms with E-state index in [4.69, 9.17) is 25.8 Å². The molecule has 0 aromatic heterocycles. The van der Waals surface area contributed by atoms with Crippen LogP contribution in [0.25, 0.3) is 0 Å². The lowest BCUT2D eigenvalue weighted by molar-refractivity contribution is -0.152. The van der Waals surface area contributed by atoms with Crippen LogP contribution in [-0.4, -0.2) is 32.2 Å². The second kappa shape index (κ2) is 9.10. The van der Waals surface area contributed by atoms with Crippen molar-refractivity contribution in [2.45, 2.75) is 19.4 Å². The first-order valence-electron chi connectivity index (χ1n) is 7.90. The van der Waals surface area contributed by atoms with Crippen LogP contribution in [0, 0.1) is 0 Å². The highest BCUT2D eigenvalue weighted by molar-refractivity contribution is 6.31. The minimum Gasteiger partial charge on any atom is -0.493 e. The van der Waals surface area contributed by atoms with Crippen LogP contribution in [0.3, 0.4) is 0 Å². The van der Waals surface area contributed by atoms with Crippen molar-refractivity contribution in [3.63, 3.8) is 0 Å². The largest absolute Gasteiger partial charge is 0.493 e. The number of ether oxygens (including phenoxy) is 3. The van der Waals surface area contributed by atoms with Gasteiger partial charge in [0.1, 0.15) is 0 Å². The fourth-order valence-electron chi connectivity index (χ4n) is 2.25. The summed E-state index contributed by atoms with van der Waals surface area (Å²) in [6.07, 6.45) is -0.966. The number of benzene rings is 2. The average Bonchev–Trinajstić information content (AvgIpc) is 2.63. The number of hydrogen-bond donors (Lipinski definition) is 1. The smallest absolute Gasteiger partial charge is 0.311 e. The van der Waals surface area contributed by atoms with Crippen molar-refractivity contribution in [3.8, 4) is 11.5 Å². The lowest BCUT2D eigenvalue weighted by atomic mass is 10.1. The number of rotatable bonds is 7. The summed E-state index contributed by atoms with van der Waals surface area (Å²) in [5.41, 5.74) is 1.15. The number of amides is 1. The Morgan fingerprint density at radius 1 is 1.08 bits per heavy atom. The zero-order valence-electron chi connectivity index (χ0n) is 14.7. The van der Waals surface area contributed by atoms with Crippen LogP contribution >= 0.6 is 11.6 Å². The van der Waals surface area contributed by atoms with E-state index < -0.39 is 18.0 Å². The standard InChI is InChI=1S/C19H20ClNO5/c1-12(26-18(22)10-13-6-4-5-7-15(13)20)19(23)21-14-8-9-16(24-2)17(11-14)25-3/h4-9,11-12H,10H2,1-3H3,(H,21,23). The first-order chi connectivity index (χ1) is 12.4. The number of hydrogen-bond acceptors (Lipinski definition) is 5. The van der Waals surface area contributed by atoms with Crippen molar-refractivity contribution < 1.29 is 23.8 Å². The number of carbonyl (C=O) groups excluding carboxylic acids is 2. The summed E-state index contributed by atoms with van der Waals surface area (Å²) in [5.74, 6) is 0.0381. The zero-order valence-corrected chi connectivity index (χ0v) is 15.5. The number of carbonyl (C=O) groups is 2. The van der Waals surface area contributed by atoms with E-state index in [0.29, 0.717) is 27.8 Å². The number of halogens is 1. The highest BCUT2D eigenvalue weighted by Crippen LogP contribution is 2.29. The van der Waals surface area contributed by atoms with Gasteiger partial charge >= 0.3 is 5.97 Å². The molecule has 1 N–H and O–H groups in total. The van der Waals surface area contributed by atoms with Crippen molar-refractivity contribution in [3.05, 3.63) is 53.1 Å². The minimum atomic E-state index is -0.960. The van der Waals surface area contributed by atoms with Crippen LogP contribution < -0.4 is 14.8 Å². The Morgan fingerprint density at radius 3 is 2.42 bits per heavy atom. The SMILES string of the molecule is COc1ccc(NC(=O)C(C)OC(=O)Cc2ccccc2Cl)cc1OC. The molecule has 0 heterocycles. The Labute approximate surface area is 157 Å². The van der Waals surface area contributed by atoms with Gasteiger partial charge in [-0.25, -0.2) is 0 Å². The van der Waals surface area contributed by atoms with E-state index in [0.717, 1.165) is 0 Å². The maximum absolute atomic E-state index is 12.2. The molecule has 7 heteroatoms.